The van der Waals surface area contributed by atoms with E-state index in [2.05, 4.69) is 154 Å². The summed E-state index contributed by atoms with van der Waals surface area (Å²) in [5, 5.41) is 1.12. The Labute approximate surface area is 301 Å². The number of hydrogen-bond donors (Lipinski definition) is 0. The first kappa shape index (κ1) is 28.8. The summed E-state index contributed by atoms with van der Waals surface area (Å²) >= 11 is 1.89. The van der Waals surface area contributed by atoms with Crippen LogP contribution in [0.4, 0.5) is 34.1 Å². The number of nitrogens with zero attached hydrogens (tertiary/aromatic N) is 4. The maximum atomic E-state index is 4.99. The van der Waals surface area contributed by atoms with Crippen LogP contribution in [0.1, 0.15) is 0 Å². The van der Waals surface area contributed by atoms with E-state index in [0.29, 0.717) is 0 Å². The van der Waals surface area contributed by atoms with E-state index in [9.17, 15) is 0 Å². The fourth-order valence-corrected chi connectivity index (χ4v) is 9.88. The van der Waals surface area contributed by atoms with Gasteiger partial charge in [0.05, 0.1) is 23.1 Å². The summed E-state index contributed by atoms with van der Waals surface area (Å²) in [5.41, 5.74) is 15.7. The van der Waals surface area contributed by atoms with Crippen LogP contribution in [0.3, 0.4) is 0 Å². The second-order valence-electron chi connectivity index (χ2n) is 13.3. The molecular weight excluding hydrogens is 638 g/mol. The highest BCUT2D eigenvalue weighted by atomic mass is 32.2. The number of para-hydroxylation sites is 3. The van der Waals surface area contributed by atoms with Gasteiger partial charge in [0.2, 0.25) is 13.4 Å². The van der Waals surface area contributed by atoms with Gasteiger partial charge in [0.15, 0.2) is 0 Å². The third-order valence-corrected chi connectivity index (χ3v) is 11.8. The third kappa shape index (κ3) is 4.19. The Kier molecular flexibility index (Phi) is 6.34. The molecule has 0 aliphatic carbocycles. The summed E-state index contributed by atoms with van der Waals surface area (Å²) in [6.45, 7) is 0.0623. The zero-order chi connectivity index (χ0) is 33.5. The van der Waals surface area contributed by atoms with Gasteiger partial charge in [-0.15, -0.1) is 0 Å². The van der Waals surface area contributed by atoms with Crippen molar-refractivity contribution >= 4 is 103 Å². The molecule has 4 nitrogen and oxygen atoms in total. The molecule has 0 bridgehead atoms. The van der Waals surface area contributed by atoms with Crippen molar-refractivity contribution in [3.63, 3.8) is 0 Å². The van der Waals surface area contributed by atoms with Crippen LogP contribution in [-0.4, -0.2) is 23.4 Å². The molecule has 0 fully saturated rings. The number of anilines is 6. The molecule has 0 spiro atoms. The average Bonchev–Trinajstić information content (AvgIpc) is 3.20. The Bertz CT molecular complexity index is 2660. The van der Waals surface area contributed by atoms with E-state index < -0.39 is 0 Å². The van der Waals surface area contributed by atoms with Crippen LogP contribution >= 0.6 is 11.8 Å². The number of benzene rings is 6. The van der Waals surface area contributed by atoms with Crippen molar-refractivity contribution < 1.29 is 0 Å². The van der Waals surface area contributed by atoms with Crippen molar-refractivity contribution in [3.8, 4) is 0 Å². The highest BCUT2D eigenvalue weighted by molar-refractivity contribution is 8.00. The van der Waals surface area contributed by atoms with Gasteiger partial charge in [0.1, 0.15) is 0 Å². The molecule has 2 aromatic heterocycles. The predicted molar refractivity (Wildman–Crippen MR) is 215 cm³/mol. The topological polar surface area (TPSA) is 32.3 Å². The van der Waals surface area contributed by atoms with E-state index in [1.165, 1.54) is 65.3 Å². The van der Waals surface area contributed by atoms with Crippen molar-refractivity contribution in [2.75, 3.05) is 9.80 Å². The molecule has 3 aliphatic rings. The molecule has 0 amide bonds. The first-order valence-corrected chi connectivity index (χ1v) is 18.2. The molecule has 0 saturated heterocycles. The monoisotopic (exact) mass is 666 g/mol. The molecule has 6 aromatic carbocycles. The van der Waals surface area contributed by atoms with Gasteiger partial charge < -0.3 is 9.80 Å². The molecule has 3 aliphatic heterocycles. The van der Waals surface area contributed by atoms with Gasteiger partial charge in [-0.1, -0.05) is 126 Å². The number of rotatable bonds is 3. The van der Waals surface area contributed by atoms with Crippen molar-refractivity contribution in [1.29, 1.82) is 0 Å². The van der Waals surface area contributed by atoms with Gasteiger partial charge in [-0.2, -0.15) is 0 Å². The largest absolute Gasteiger partial charge is 0.310 e. The lowest BCUT2D eigenvalue weighted by atomic mass is 9.31. The highest BCUT2D eigenvalue weighted by Crippen LogP contribution is 2.47. The Morgan fingerprint density at radius 2 is 1.18 bits per heavy atom. The summed E-state index contributed by atoms with van der Waals surface area (Å²) in [6, 6.07) is 55.4. The standard InChI is InChI=1S/C44H28B2N4S/c1-2-15-30(16-3-1)45-32-18-4-8-22-36(32)50(37-23-10-13-29-14-11-26-48-43(29)37)38-27-40-42-44(41(38)45)49(31-17-12-25-47-28-31)35-21-7-5-19-33(35)46(42)34-20-6-9-24-39(34)51-40/h1-28H. The van der Waals surface area contributed by atoms with E-state index in [-0.39, 0.29) is 13.4 Å². The molecule has 51 heavy (non-hydrogen) atoms. The molecule has 0 unspecified atom stereocenters. The minimum atomic E-state index is -0.0239. The van der Waals surface area contributed by atoms with Crippen molar-refractivity contribution in [2.45, 2.75) is 9.79 Å². The molecular formula is C44H28B2N4S. The minimum Gasteiger partial charge on any atom is -0.310 e. The SMILES string of the molecule is c1ccc(B2c3ccccc3N(c3cccc4cccnc34)c3cc4c5c(c32)N(c2cccnc2)c2ccccc2B5c2ccccc2S4)cc1. The molecule has 0 radical (unpaired) electrons. The fraction of sp³-hybridized carbons (Fsp3) is 0. The average molecular weight is 666 g/mol. The Morgan fingerprint density at radius 1 is 0.490 bits per heavy atom. The molecule has 0 N–H and O–H groups in total. The van der Waals surface area contributed by atoms with Crippen LogP contribution in [0.25, 0.3) is 10.9 Å². The van der Waals surface area contributed by atoms with Crippen LogP contribution in [0, 0.1) is 0 Å². The highest BCUT2D eigenvalue weighted by Gasteiger charge is 2.47. The maximum Gasteiger partial charge on any atom is 0.249 e. The molecule has 8 aromatic rings. The second kappa shape index (κ2) is 11.2. The molecule has 5 heterocycles. The lowest BCUT2D eigenvalue weighted by Crippen LogP contribution is -2.65. The van der Waals surface area contributed by atoms with Gasteiger partial charge >= 0.3 is 0 Å². The number of hydrogen-bond acceptors (Lipinski definition) is 5. The number of aromatic nitrogens is 2. The Balaban J connectivity index is 1.33. The van der Waals surface area contributed by atoms with Gasteiger partial charge in [-0.05, 0) is 70.4 Å². The van der Waals surface area contributed by atoms with Crippen LogP contribution in [0.5, 0.6) is 0 Å². The van der Waals surface area contributed by atoms with Gasteiger partial charge in [-0.25, -0.2) is 0 Å². The normalized spacial score (nSPS) is 13.6. The van der Waals surface area contributed by atoms with Crippen LogP contribution in [0.15, 0.2) is 180 Å². The number of pyridine rings is 2. The fourth-order valence-electron chi connectivity index (χ4n) is 8.70. The summed E-state index contributed by atoms with van der Waals surface area (Å²) in [4.78, 5) is 17.2. The van der Waals surface area contributed by atoms with Crippen molar-refractivity contribution in [3.05, 3.63) is 170 Å². The predicted octanol–water partition coefficient (Wildman–Crippen LogP) is 6.69. The van der Waals surface area contributed by atoms with E-state index in [0.717, 1.165) is 22.3 Å². The molecule has 0 atom stereocenters. The first-order valence-electron chi connectivity index (χ1n) is 17.4. The quantitative estimate of drug-likeness (QED) is 0.196. The zero-order valence-corrected chi connectivity index (χ0v) is 28.3. The molecule has 11 rings (SSSR count). The minimum absolute atomic E-state index is 0.0239. The lowest BCUT2D eigenvalue weighted by Gasteiger charge is -2.46. The van der Waals surface area contributed by atoms with Crippen molar-refractivity contribution in [1.82, 2.24) is 9.97 Å². The number of fused-ring (bicyclic) bond motifs is 8. The zero-order valence-electron chi connectivity index (χ0n) is 27.5. The first-order chi connectivity index (χ1) is 25.3. The summed E-state index contributed by atoms with van der Waals surface area (Å²) < 4.78 is 0. The third-order valence-electron chi connectivity index (χ3n) is 10.7. The van der Waals surface area contributed by atoms with Gasteiger partial charge in [-0.3, -0.25) is 9.97 Å². The molecule has 0 saturated carbocycles. The van der Waals surface area contributed by atoms with E-state index in [1.54, 1.807) is 0 Å². The van der Waals surface area contributed by atoms with Crippen LogP contribution in [0.2, 0.25) is 0 Å². The maximum absolute atomic E-state index is 4.99. The smallest absolute Gasteiger partial charge is 0.249 e. The summed E-state index contributed by atoms with van der Waals surface area (Å²) in [7, 11) is 0. The van der Waals surface area contributed by atoms with Crippen LogP contribution < -0.4 is 42.6 Å². The van der Waals surface area contributed by atoms with E-state index in [1.807, 2.05) is 42.5 Å². The Morgan fingerprint density at radius 3 is 2.00 bits per heavy atom. The molecule has 7 heteroatoms. The lowest BCUT2D eigenvalue weighted by molar-refractivity contribution is 1.21. The summed E-state index contributed by atoms with van der Waals surface area (Å²) in [6.07, 6.45) is 5.78. The second-order valence-corrected chi connectivity index (χ2v) is 14.4. The molecule has 236 valence electrons. The van der Waals surface area contributed by atoms with Gasteiger partial charge in [0, 0.05) is 50.3 Å². The Hall–Kier alpha value is -6.04. The van der Waals surface area contributed by atoms with Crippen LogP contribution in [-0.2, 0) is 0 Å². The van der Waals surface area contributed by atoms with E-state index in [4.69, 9.17) is 4.98 Å². The van der Waals surface area contributed by atoms with E-state index >= 15 is 0 Å². The summed E-state index contributed by atoms with van der Waals surface area (Å²) in [5.74, 6) is 0. The van der Waals surface area contributed by atoms with Gasteiger partial charge in [0.25, 0.3) is 0 Å². The van der Waals surface area contributed by atoms with Crippen molar-refractivity contribution in [2.24, 2.45) is 0 Å².